The van der Waals surface area contributed by atoms with Crippen LogP contribution in [0, 0.1) is 5.41 Å². The monoisotopic (exact) mass is 257 g/mol. The fraction of sp³-hybridized carbons (Fsp3) is 0. The third kappa shape index (κ3) is 2.29. The molecule has 0 fully saturated rings. The molecular weight excluding hydrogens is 253 g/mol. The van der Waals surface area contributed by atoms with E-state index >= 15 is 0 Å². The molecule has 0 radical (unpaired) electrons. The van der Waals surface area contributed by atoms with Crippen molar-refractivity contribution in [1.29, 1.82) is 5.41 Å². The molecule has 8 heteroatoms. The van der Waals surface area contributed by atoms with Crippen molar-refractivity contribution in [2.45, 2.75) is 0 Å². The molecule has 0 spiro atoms. The highest BCUT2D eigenvalue weighted by Crippen LogP contribution is 2.18. The summed E-state index contributed by atoms with van der Waals surface area (Å²) in [5.74, 6) is 0.678. The lowest BCUT2D eigenvalue weighted by atomic mass is 10.4. The van der Waals surface area contributed by atoms with Gasteiger partial charge in [-0.1, -0.05) is 29.3 Å². The third-order valence-corrected chi connectivity index (χ3v) is 2.05. The largest absolute Gasteiger partial charge is 0.320 e. The number of hydrogen-bond acceptors (Lipinski definition) is 6. The molecule has 0 aliphatic carbocycles. The Balaban J connectivity index is 2.27. The lowest BCUT2D eigenvalue weighted by Gasteiger charge is -2.01. The van der Waals surface area contributed by atoms with Gasteiger partial charge in [0, 0.05) is 0 Å². The predicted octanol–water partition coefficient (Wildman–Crippen LogP) is 2.43. The summed E-state index contributed by atoms with van der Waals surface area (Å²) >= 11 is 11.2. The molecule has 0 unspecified atom stereocenters. The molecule has 0 bridgehead atoms. The van der Waals surface area contributed by atoms with E-state index in [2.05, 4.69) is 25.2 Å². The van der Waals surface area contributed by atoms with Crippen LogP contribution < -0.4 is 5.32 Å². The van der Waals surface area contributed by atoms with Crippen molar-refractivity contribution in [3.8, 4) is 0 Å². The van der Waals surface area contributed by atoms with E-state index in [-0.39, 0.29) is 16.7 Å². The Kier molecular flexibility index (Phi) is 3.02. The van der Waals surface area contributed by atoms with Crippen molar-refractivity contribution < 1.29 is 4.63 Å². The standard InChI is InChI=1S/C8H5Cl2N5O/c9-4-2-1-3-5(12-4)13-8-6(7(10)11)14-16-15-8/h1-3,11H,(H,12,13,15). The molecule has 2 rings (SSSR count). The highest BCUT2D eigenvalue weighted by molar-refractivity contribution is 6.68. The van der Waals surface area contributed by atoms with Gasteiger partial charge in [0.2, 0.25) is 5.82 Å². The quantitative estimate of drug-likeness (QED) is 0.652. The van der Waals surface area contributed by atoms with Gasteiger partial charge in [-0.05, 0) is 22.4 Å². The number of hydrogen-bond donors (Lipinski definition) is 2. The van der Waals surface area contributed by atoms with Crippen LogP contribution in [0.25, 0.3) is 0 Å². The summed E-state index contributed by atoms with van der Waals surface area (Å²) in [6.45, 7) is 0. The molecular formula is C8H5Cl2N5O. The van der Waals surface area contributed by atoms with Crippen molar-refractivity contribution in [2.75, 3.05) is 5.32 Å². The number of pyridine rings is 1. The van der Waals surface area contributed by atoms with Crippen LogP contribution in [-0.4, -0.2) is 20.5 Å². The molecule has 0 saturated carbocycles. The second-order valence-electron chi connectivity index (χ2n) is 2.75. The van der Waals surface area contributed by atoms with E-state index in [9.17, 15) is 0 Å². The molecule has 2 aromatic heterocycles. The fourth-order valence-electron chi connectivity index (χ4n) is 1.01. The second kappa shape index (κ2) is 4.46. The first-order valence-electron chi connectivity index (χ1n) is 4.13. The smallest absolute Gasteiger partial charge is 0.207 e. The molecule has 0 aliphatic heterocycles. The fourth-order valence-corrected chi connectivity index (χ4v) is 1.30. The minimum absolute atomic E-state index is 0.114. The number of nitrogens with one attached hydrogen (secondary N) is 2. The third-order valence-electron chi connectivity index (χ3n) is 1.66. The Morgan fingerprint density at radius 2 is 2.19 bits per heavy atom. The lowest BCUT2D eigenvalue weighted by Crippen LogP contribution is -1.99. The Hall–Kier alpha value is -1.66. The summed E-state index contributed by atoms with van der Waals surface area (Å²) in [6.07, 6.45) is 0. The molecule has 2 N–H and O–H groups in total. The Labute approximate surface area is 100 Å². The summed E-state index contributed by atoms with van der Waals surface area (Å²) in [5.41, 5.74) is 0.114. The number of rotatable bonds is 3. The topological polar surface area (TPSA) is 87.7 Å². The number of halogens is 2. The van der Waals surface area contributed by atoms with E-state index in [1.807, 2.05) is 0 Å². The maximum atomic E-state index is 7.22. The zero-order chi connectivity index (χ0) is 11.5. The number of nitrogens with zero attached hydrogens (tertiary/aromatic N) is 3. The highest BCUT2D eigenvalue weighted by atomic mass is 35.5. The molecule has 0 saturated heterocycles. The van der Waals surface area contributed by atoms with E-state index in [0.717, 1.165) is 0 Å². The van der Waals surface area contributed by atoms with Gasteiger partial charge in [-0.25, -0.2) is 9.61 Å². The normalized spacial score (nSPS) is 10.1. The summed E-state index contributed by atoms with van der Waals surface area (Å²) in [5, 5.41) is 17.1. The van der Waals surface area contributed by atoms with E-state index < -0.39 is 0 Å². The van der Waals surface area contributed by atoms with Crippen LogP contribution in [0.2, 0.25) is 5.15 Å². The van der Waals surface area contributed by atoms with E-state index in [0.29, 0.717) is 11.0 Å². The first-order valence-corrected chi connectivity index (χ1v) is 4.89. The summed E-state index contributed by atoms with van der Waals surface area (Å²) < 4.78 is 4.46. The Morgan fingerprint density at radius 3 is 2.88 bits per heavy atom. The van der Waals surface area contributed by atoms with Gasteiger partial charge in [0.1, 0.15) is 11.0 Å². The van der Waals surface area contributed by atoms with Crippen LogP contribution in [-0.2, 0) is 0 Å². The average molecular weight is 258 g/mol. The van der Waals surface area contributed by atoms with Crippen molar-refractivity contribution in [2.24, 2.45) is 0 Å². The van der Waals surface area contributed by atoms with Crippen LogP contribution in [0.1, 0.15) is 5.69 Å². The Bertz CT molecular complexity index is 527. The molecule has 82 valence electrons. The zero-order valence-electron chi connectivity index (χ0n) is 7.74. The minimum atomic E-state index is -0.272. The Morgan fingerprint density at radius 1 is 1.38 bits per heavy atom. The van der Waals surface area contributed by atoms with Crippen LogP contribution in [0.4, 0.5) is 11.6 Å². The van der Waals surface area contributed by atoms with Gasteiger partial charge in [-0.2, -0.15) is 0 Å². The molecule has 6 nitrogen and oxygen atoms in total. The van der Waals surface area contributed by atoms with Crippen LogP contribution in [0.15, 0.2) is 22.8 Å². The van der Waals surface area contributed by atoms with E-state index in [1.54, 1.807) is 18.2 Å². The van der Waals surface area contributed by atoms with E-state index in [1.165, 1.54) is 0 Å². The first kappa shape index (κ1) is 10.8. The van der Waals surface area contributed by atoms with Gasteiger partial charge in [0.05, 0.1) is 0 Å². The van der Waals surface area contributed by atoms with Gasteiger partial charge in [0.15, 0.2) is 10.9 Å². The lowest BCUT2D eigenvalue weighted by molar-refractivity contribution is 0.308. The maximum Gasteiger partial charge on any atom is 0.207 e. The molecule has 0 aromatic carbocycles. The van der Waals surface area contributed by atoms with Gasteiger partial charge in [-0.3, -0.25) is 5.41 Å². The predicted molar refractivity (Wildman–Crippen MR) is 59.5 cm³/mol. The highest BCUT2D eigenvalue weighted by Gasteiger charge is 2.13. The van der Waals surface area contributed by atoms with Crippen molar-refractivity contribution in [1.82, 2.24) is 15.3 Å². The molecule has 0 amide bonds. The molecule has 16 heavy (non-hydrogen) atoms. The molecule has 0 aliphatic rings. The maximum absolute atomic E-state index is 7.22. The van der Waals surface area contributed by atoms with Crippen molar-refractivity contribution >= 4 is 40.0 Å². The van der Waals surface area contributed by atoms with Crippen LogP contribution in [0.5, 0.6) is 0 Å². The van der Waals surface area contributed by atoms with Crippen LogP contribution in [0.3, 0.4) is 0 Å². The summed E-state index contributed by atoms with van der Waals surface area (Å²) in [4.78, 5) is 3.98. The van der Waals surface area contributed by atoms with Crippen molar-refractivity contribution in [3.05, 3.63) is 29.0 Å². The SMILES string of the molecule is N=C(Cl)c1nonc1Nc1cccc(Cl)n1. The van der Waals surface area contributed by atoms with E-state index in [4.69, 9.17) is 28.6 Å². The van der Waals surface area contributed by atoms with Crippen molar-refractivity contribution in [3.63, 3.8) is 0 Å². The number of anilines is 2. The number of aromatic nitrogens is 3. The summed E-state index contributed by atoms with van der Waals surface area (Å²) in [6, 6.07) is 5.04. The van der Waals surface area contributed by atoms with Crippen LogP contribution >= 0.6 is 23.2 Å². The molecule has 2 aromatic rings. The first-order chi connectivity index (χ1) is 7.66. The van der Waals surface area contributed by atoms with Gasteiger partial charge in [-0.15, -0.1) is 0 Å². The molecule has 2 heterocycles. The average Bonchev–Trinajstić information content (AvgIpc) is 2.66. The summed E-state index contributed by atoms with van der Waals surface area (Å²) in [7, 11) is 0. The van der Waals surface area contributed by atoms with Gasteiger partial charge in [0.25, 0.3) is 0 Å². The minimum Gasteiger partial charge on any atom is -0.320 e. The molecule has 0 atom stereocenters. The van der Waals surface area contributed by atoms with Gasteiger partial charge < -0.3 is 5.32 Å². The second-order valence-corrected chi connectivity index (χ2v) is 3.51. The zero-order valence-corrected chi connectivity index (χ0v) is 9.25. The van der Waals surface area contributed by atoms with Gasteiger partial charge >= 0.3 is 0 Å².